The molecule has 2 aromatic rings. The van der Waals surface area contributed by atoms with Gasteiger partial charge in [0.25, 0.3) is 0 Å². The summed E-state index contributed by atoms with van der Waals surface area (Å²) in [6.45, 7) is 5.90. The predicted octanol–water partition coefficient (Wildman–Crippen LogP) is 4.61. The van der Waals surface area contributed by atoms with Crippen molar-refractivity contribution < 1.29 is 9.53 Å². The van der Waals surface area contributed by atoms with Crippen LogP contribution in [0, 0.1) is 20.8 Å². The van der Waals surface area contributed by atoms with E-state index < -0.39 is 0 Å². The minimum atomic E-state index is -0.0104. The Bertz CT molecular complexity index is 655. The highest BCUT2D eigenvalue weighted by atomic mass is 79.9. The number of carbonyl (C=O) groups is 1. The first-order chi connectivity index (χ1) is 9.42. The van der Waals surface area contributed by atoms with Crippen LogP contribution in [-0.4, -0.2) is 12.9 Å². The summed E-state index contributed by atoms with van der Waals surface area (Å²) in [6, 6.07) is 9.61. The Morgan fingerprint density at radius 2 is 1.65 bits per heavy atom. The average Bonchev–Trinajstić information content (AvgIpc) is 2.35. The van der Waals surface area contributed by atoms with E-state index >= 15 is 0 Å². The van der Waals surface area contributed by atoms with E-state index in [0.717, 1.165) is 21.2 Å². The fourth-order valence-corrected chi connectivity index (χ4v) is 3.00. The second kappa shape index (κ2) is 5.80. The summed E-state index contributed by atoms with van der Waals surface area (Å²) in [5, 5.41) is 0. The molecule has 20 heavy (non-hydrogen) atoms. The zero-order valence-corrected chi connectivity index (χ0v) is 13.7. The number of ether oxygens (including phenoxy) is 1. The molecule has 0 bridgehead atoms. The van der Waals surface area contributed by atoms with Gasteiger partial charge >= 0.3 is 0 Å². The third-order valence-electron chi connectivity index (χ3n) is 3.19. The van der Waals surface area contributed by atoms with Crippen molar-refractivity contribution in [2.24, 2.45) is 0 Å². The third-order valence-corrected chi connectivity index (χ3v) is 3.65. The maximum Gasteiger partial charge on any atom is 0.197 e. The molecule has 2 nitrogen and oxygen atoms in total. The van der Waals surface area contributed by atoms with Crippen molar-refractivity contribution in [3.63, 3.8) is 0 Å². The molecule has 0 aromatic heterocycles. The zero-order valence-electron chi connectivity index (χ0n) is 12.1. The Labute approximate surface area is 127 Å². The summed E-state index contributed by atoms with van der Waals surface area (Å²) in [5.74, 6) is 0.619. The molecule has 0 aliphatic rings. The van der Waals surface area contributed by atoms with Crippen molar-refractivity contribution in [1.29, 1.82) is 0 Å². The van der Waals surface area contributed by atoms with Gasteiger partial charge in [0, 0.05) is 10.0 Å². The summed E-state index contributed by atoms with van der Waals surface area (Å²) < 4.78 is 6.28. The lowest BCUT2D eigenvalue weighted by Crippen LogP contribution is -2.07. The van der Waals surface area contributed by atoms with Gasteiger partial charge in [-0.3, -0.25) is 4.79 Å². The van der Waals surface area contributed by atoms with Gasteiger partial charge in [-0.15, -0.1) is 0 Å². The molecular weight excluding hydrogens is 316 g/mol. The maximum atomic E-state index is 12.8. The smallest absolute Gasteiger partial charge is 0.197 e. The summed E-state index contributed by atoms with van der Waals surface area (Å²) in [6.07, 6.45) is 0. The predicted molar refractivity (Wildman–Crippen MR) is 84.8 cm³/mol. The SMILES string of the molecule is COc1cc(C)cc(C)c1C(=O)c1cc(C)cc(Br)c1. The van der Waals surface area contributed by atoms with Crippen LogP contribution in [0.3, 0.4) is 0 Å². The molecule has 0 N–H and O–H groups in total. The Kier molecular flexibility index (Phi) is 4.29. The lowest BCUT2D eigenvalue weighted by molar-refractivity contribution is 0.103. The second-order valence-corrected chi connectivity index (χ2v) is 5.92. The standard InChI is InChI=1S/C17H17BrO2/c1-10-5-12(3)16(15(8-10)20-4)17(19)13-6-11(2)7-14(18)9-13/h5-9H,1-4H3. The van der Waals surface area contributed by atoms with Gasteiger partial charge in [0.2, 0.25) is 0 Å². The molecule has 0 amide bonds. The van der Waals surface area contributed by atoms with Crippen LogP contribution in [-0.2, 0) is 0 Å². The van der Waals surface area contributed by atoms with Crippen LogP contribution in [0.5, 0.6) is 5.75 Å². The van der Waals surface area contributed by atoms with Crippen LogP contribution in [0.4, 0.5) is 0 Å². The van der Waals surface area contributed by atoms with Crippen molar-refractivity contribution in [2.45, 2.75) is 20.8 Å². The van der Waals surface area contributed by atoms with E-state index in [4.69, 9.17) is 4.74 Å². The van der Waals surface area contributed by atoms with Crippen molar-refractivity contribution in [2.75, 3.05) is 7.11 Å². The number of ketones is 1. The molecule has 0 spiro atoms. The molecular formula is C17H17BrO2. The van der Waals surface area contributed by atoms with Crippen molar-refractivity contribution >= 4 is 21.7 Å². The quantitative estimate of drug-likeness (QED) is 0.767. The lowest BCUT2D eigenvalue weighted by atomic mass is 9.95. The fraction of sp³-hybridized carbons (Fsp3) is 0.235. The van der Waals surface area contributed by atoms with E-state index in [1.165, 1.54) is 0 Å². The molecule has 2 aromatic carbocycles. The largest absolute Gasteiger partial charge is 0.496 e. The highest BCUT2D eigenvalue weighted by Gasteiger charge is 2.18. The molecule has 0 radical (unpaired) electrons. The van der Waals surface area contributed by atoms with Gasteiger partial charge in [0.1, 0.15) is 5.75 Å². The Balaban J connectivity index is 2.58. The summed E-state index contributed by atoms with van der Waals surface area (Å²) >= 11 is 3.44. The first-order valence-electron chi connectivity index (χ1n) is 6.39. The molecule has 0 saturated heterocycles. The molecule has 0 unspecified atom stereocenters. The number of rotatable bonds is 3. The van der Waals surface area contributed by atoms with Gasteiger partial charge in [-0.25, -0.2) is 0 Å². The molecule has 0 saturated carbocycles. The molecule has 0 heterocycles. The summed E-state index contributed by atoms with van der Waals surface area (Å²) in [4.78, 5) is 12.8. The molecule has 0 atom stereocenters. The second-order valence-electron chi connectivity index (χ2n) is 5.01. The maximum absolute atomic E-state index is 12.8. The van der Waals surface area contributed by atoms with Crippen molar-refractivity contribution in [3.8, 4) is 5.75 Å². The normalized spacial score (nSPS) is 10.4. The van der Waals surface area contributed by atoms with E-state index in [1.807, 2.05) is 51.1 Å². The highest BCUT2D eigenvalue weighted by Crippen LogP contribution is 2.28. The number of hydrogen-bond donors (Lipinski definition) is 0. The van der Waals surface area contributed by atoms with Crippen LogP contribution >= 0.6 is 15.9 Å². The van der Waals surface area contributed by atoms with Gasteiger partial charge in [0.15, 0.2) is 5.78 Å². The lowest BCUT2D eigenvalue weighted by Gasteiger charge is -2.12. The molecule has 0 aliphatic heterocycles. The Hall–Kier alpha value is -1.61. The number of benzene rings is 2. The minimum Gasteiger partial charge on any atom is -0.496 e. The van der Waals surface area contributed by atoms with Gasteiger partial charge in [0.05, 0.1) is 12.7 Å². The van der Waals surface area contributed by atoms with Crippen molar-refractivity contribution in [3.05, 3.63) is 62.6 Å². The van der Waals surface area contributed by atoms with E-state index in [9.17, 15) is 4.79 Å². The molecule has 0 fully saturated rings. The zero-order chi connectivity index (χ0) is 14.9. The van der Waals surface area contributed by atoms with Crippen LogP contribution < -0.4 is 4.74 Å². The van der Waals surface area contributed by atoms with E-state index in [1.54, 1.807) is 7.11 Å². The number of halogens is 1. The Morgan fingerprint density at radius 1 is 1.00 bits per heavy atom. The number of carbonyl (C=O) groups excluding carboxylic acids is 1. The first-order valence-corrected chi connectivity index (χ1v) is 7.19. The van der Waals surface area contributed by atoms with Crippen LogP contribution in [0.25, 0.3) is 0 Å². The summed E-state index contributed by atoms with van der Waals surface area (Å²) in [7, 11) is 1.59. The molecule has 2 rings (SSSR count). The number of aryl methyl sites for hydroxylation is 3. The summed E-state index contributed by atoms with van der Waals surface area (Å²) in [5.41, 5.74) is 4.37. The number of hydrogen-bond acceptors (Lipinski definition) is 2. The fourth-order valence-electron chi connectivity index (χ4n) is 2.39. The van der Waals surface area contributed by atoms with Gasteiger partial charge in [-0.05, 0) is 61.7 Å². The van der Waals surface area contributed by atoms with Crippen LogP contribution in [0.1, 0.15) is 32.6 Å². The number of methoxy groups -OCH3 is 1. The minimum absolute atomic E-state index is 0.0104. The Morgan fingerprint density at radius 3 is 2.25 bits per heavy atom. The first kappa shape index (κ1) is 14.8. The molecule has 3 heteroatoms. The topological polar surface area (TPSA) is 26.3 Å². The van der Waals surface area contributed by atoms with Gasteiger partial charge in [-0.2, -0.15) is 0 Å². The monoisotopic (exact) mass is 332 g/mol. The van der Waals surface area contributed by atoms with E-state index in [2.05, 4.69) is 15.9 Å². The van der Waals surface area contributed by atoms with E-state index in [0.29, 0.717) is 16.9 Å². The van der Waals surface area contributed by atoms with Crippen LogP contribution in [0.15, 0.2) is 34.8 Å². The van der Waals surface area contributed by atoms with Crippen LogP contribution in [0.2, 0.25) is 0 Å². The highest BCUT2D eigenvalue weighted by molar-refractivity contribution is 9.10. The molecule has 0 aliphatic carbocycles. The van der Waals surface area contributed by atoms with E-state index in [-0.39, 0.29) is 5.78 Å². The third kappa shape index (κ3) is 2.93. The van der Waals surface area contributed by atoms with Gasteiger partial charge < -0.3 is 4.74 Å². The van der Waals surface area contributed by atoms with Crippen molar-refractivity contribution in [1.82, 2.24) is 0 Å². The molecule has 104 valence electrons. The van der Waals surface area contributed by atoms with Gasteiger partial charge in [-0.1, -0.05) is 22.0 Å². The average molecular weight is 333 g/mol.